The highest BCUT2D eigenvalue weighted by Gasteiger charge is 2.24. The number of ether oxygens (including phenoxy) is 2. The molecule has 1 atom stereocenters. The molecule has 7 nitrogen and oxygen atoms in total. The minimum absolute atomic E-state index is 0.0213. The maximum Gasteiger partial charge on any atom is 0.263 e. The molecule has 1 aliphatic heterocycles. The quantitative estimate of drug-likeness (QED) is 0.716. The average molecular weight is 459 g/mol. The lowest BCUT2D eigenvalue weighted by Gasteiger charge is -2.29. The van der Waals surface area contributed by atoms with Crippen LogP contribution in [0.25, 0.3) is 0 Å². The van der Waals surface area contributed by atoms with E-state index < -0.39 is 16.1 Å². The molecule has 29 heavy (non-hydrogen) atoms. The number of carbonyl (C=O) groups excluding carboxylic acids is 1. The fourth-order valence-electron chi connectivity index (χ4n) is 2.78. The number of benzene rings is 2. The molecule has 0 unspecified atom stereocenters. The summed E-state index contributed by atoms with van der Waals surface area (Å²) in [5.74, 6) is 0.251. The molecule has 1 N–H and O–H groups in total. The molecule has 0 aromatic heterocycles. The van der Waals surface area contributed by atoms with Crippen LogP contribution in [0.1, 0.15) is 6.92 Å². The van der Waals surface area contributed by atoms with Crippen LogP contribution in [0.15, 0.2) is 47.4 Å². The highest BCUT2D eigenvalue weighted by atomic mass is 35.5. The molecule has 3 rings (SSSR count). The lowest BCUT2D eigenvalue weighted by atomic mass is 10.3. The van der Waals surface area contributed by atoms with Crippen LogP contribution in [-0.4, -0.2) is 51.6 Å². The van der Waals surface area contributed by atoms with Crippen LogP contribution < -0.4 is 9.46 Å². The Morgan fingerprint density at radius 3 is 2.45 bits per heavy atom. The number of carbonyl (C=O) groups is 1. The van der Waals surface area contributed by atoms with Crippen molar-refractivity contribution >= 4 is 44.8 Å². The predicted molar refractivity (Wildman–Crippen MR) is 111 cm³/mol. The van der Waals surface area contributed by atoms with E-state index in [0.717, 1.165) is 0 Å². The van der Waals surface area contributed by atoms with Gasteiger partial charge in [0, 0.05) is 13.1 Å². The van der Waals surface area contributed by atoms with Gasteiger partial charge in [0.1, 0.15) is 5.75 Å². The number of hydrogen-bond donors (Lipinski definition) is 1. The molecular formula is C19H20Cl2N2O5S. The Hall–Kier alpha value is -2.00. The van der Waals surface area contributed by atoms with Gasteiger partial charge in [-0.15, -0.1) is 0 Å². The second-order valence-electron chi connectivity index (χ2n) is 6.38. The van der Waals surface area contributed by atoms with Crippen LogP contribution in [0.2, 0.25) is 10.0 Å². The monoisotopic (exact) mass is 458 g/mol. The molecule has 2 aromatic carbocycles. The third-order valence-corrected chi connectivity index (χ3v) is 6.51. The van der Waals surface area contributed by atoms with E-state index in [0.29, 0.717) is 32.1 Å². The number of hydrogen-bond acceptors (Lipinski definition) is 5. The first-order valence-corrected chi connectivity index (χ1v) is 11.1. The van der Waals surface area contributed by atoms with E-state index in [4.69, 9.17) is 32.7 Å². The van der Waals surface area contributed by atoms with Crippen LogP contribution in [0.5, 0.6) is 5.75 Å². The molecule has 1 saturated heterocycles. The van der Waals surface area contributed by atoms with E-state index in [2.05, 4.69) is 4.72 Å². The lowest BCUT2D eigenvalue weighted by molar-refractivity contribution is -0.142. The van der Waals surface area contributed by atoms with Crippen LogP contribution in [-0.2, 0) is 19.6 Å². The number of halogens is 2. The Morgan fingerprint density at radius 2 is 1.79 bits per heavy atom. The summed E-state index contributed by atoms with van der Waals surface area (Å²) < 4.78 is 38.5. The maximum atomic E-state index is 12.6. The van der Waals surface area contributed by atoms with Crippen molar-refractivity contribution in [2.45, 2.75) is 17.9 Å². The summed E-state index contributed by atoms with van der Waals surface area (Å²) in [6, 6.07) is 10.4. The van der Waals surface area contributed by atoms with Crippen molar-refractivity contribution in [2.75, 3.05) is 31.0 Å². The van der Waals surface area contributed by atoms with E-state index in [1.54, 1.807) is 24.0 Å². The Bertz CT molecular complexity index is 977. The van der Waals surface area contributed by atoms with Crippen molar-refractivity contribution in [2.24, 2.45) is 0 Å². The SMILES string of the molecule is C[C@H](Oc1ccc(S(=O)(=O)Nc2cccc(Cl)c2Cl)cc1)C(=O)N1CCOCC1. The van der Waals surface area contributed by atoms with E-state index in [-0.39, 0.29) is 26.5 Å². The topological polar surface area (TPSA) is 84.9 Å². The molecule has 0 bridgehead atoms. The molecule has 0 spiro atoms. The molecule has 0 saturated carbocycles. The third-order valence-electron chi connectivity index (χ3n) is 4.31. The van der Waals surface area contributed by atoms with Crippen LogP contribution in [0, 0.1) is 0 Å². The molecule has 156 valence electrons. The first-order valence-electron chi connectivity index (χ1n) is 8.88. The number of amides is 1. The first kappa shape index (κ1) is 21.7. The number of sulfonamides is 1. The summed E-state index contributed by atoms with van der Waals surface area (Å²) in [5, 5.41) is 0.364. The highest BCUT2D eigenvalue weighted by Crippen LogP contribution is 2.31. The molecule has 0 radical (unpaired) electrons. The van der Waals surface area contributed by atoms with Gasteiger partial charge in [-0.2, -0.15) is 0 Å². The standard InChI is InChI=1S/C19H20Cl2N2O5S/c1-13(19(24)23-9-11-27-12-10-23)28-14-5-7-15(8-6-14)29(25,26)22-17-4-2-3-16(20)18(17)21/h2-8,13,22H,9-12H2,1H3/t13-/m0/s1. The molecular weight excluding hydrogens is 439 g/mol. The van der Waals surface area contributed by atoms with Crippen molar-refractivity contribution in [1.82, 2.24) is 4.90 Å². The summed E-state index contributed by atoms with van der Waals surface area (Å²) in [6.07, 6.45) is -0.695. The van der Waals surface area contributed by atoms with Gasteiger partial charge in [0.15, 0.2) is 6.10 Å². The minimum atomic E-state index is -3.87. The van der Waals surface area contributed by atoms with Crippen molar-refractivity contribution < 1.29 is 22.7 Å². The summed E-state index contributed by atoms with van der Waals surface area (Å²) in [7, 11) is -3.87. The number of morpholine rings is 1. The average Bonchev–Trinajstić information content (AvgIpc) is 2.72. The summed E-state index contributed by atoms with van der Waals surface area (Å²) >= 11 is 12.0. The predicted octanol–water partition coefficient (Wildman–Crippen LogP) is 3.42. The van der Waals surface area contributed by atoms with Gasteiger partial charge < -0.3 is 14.4 Å². The van der Waals surface area contributed by atoms with Crippen LogP contribution >= 0.6 is 23.2 Å². The van der Waals surface area contributed by atoms with Gasteiger partial charge >= 0.3 is 0 Å². The molecule has 1 amide bonds. The van der Waals surface area contributed by atoms with Gasteiger partial charge in [-0.1, -0.05) is 29.3 Å². The first-order chi connectivity index (χ1) is 13.8. The molecule has 2 aromatic rings. The highest BCUT2D eigenvalue weighted by molar-refractivity contribution is 7.92. The number of nitrogens with one attached hydrogen (secondary N) is 1. The molecule has 10 heteroatoms. The zero-order chi connectivity index (χ0) is 21.0. The third kappa shape index (κ3) is 5.33. The van der Waals surface area contributed by atoms with Gasteiger partial charge in [0.2, 0.25) is 0 Å². The van der Waals surface area contributed by atoms with Crippen LogP contribution in [0.4, 0.5) is 5.69 Å². The number of rotatable bonds is 6. The smallest absolute Gasteiger partial charge is 0.263 e. The van der Waals surface area contributed by atoms with Gasteiger partial charge in [-0.3, -0.25) is 9.52 Å². The summed E-state index contributed by atoms with van der Waals surface area (Å²) in [6.45, 7) is 3.73. The normalized spacial score (nSPS) is 15.6. The minimum Gasteiger partial charge on any atom is -0.481 e. The molecule has 1 fully saturated rings. The van der Waals surface area contributed by atoms with Crippen molar-refractivity contribution in [3.63, 3.8) is 0 Å². The van der Waals surface area contributed by atoms with E-state index in [1.807, 2.05) is 0 Å². The van der Waals surface area contributed by atoms with E-state index in [1.165, 1.54) is 30.3 Å². The zero-order valence-electron chi connectivity index (χ0n) is 15.6. The second-order valence-corrected chi connectivity index (χ2v) is 8.84. The Kier molecular flexibility index (Phi) is 6.89. The van der Waals surface area contributed by atoms with Gasteiger partial charge in [-0.05, 0) is 43.3 Å². The van der Waals surface area contributed by atoms with E-state index >= 15 is 0 Å². The van der Waals surface area contributed by atoms with Crippen molar-refractivity contribution in [3.05, 3.63) is 52.5 Å². The Morgan fingerprint density at radius 1 is 1.14 bits per heavy atom. The maximum absolute atomic E-state index is 12.6. The fraction of sp³-hybridized carbons (Fsp3) is 0.316. The summed E-state index contributed by atoms with van der Waals surface area (Å²) in [4.78, 5) is 14.1. The largest absolute Gasteiger partial charge is 0.481 e. The Balaban J connectivity index is 1.67. The van der Waals surface area contributed by atoms with Crippen molar-refractivity contribution in [1.29, 1.82) is 0 Å². The number of nitrogens with zero attached hydrogens (tertiary/aromatic N) is 1. The number of anilines is 1. The lowest BCUT2D eigenvalue weighted by Crippen LogP contribution is -2.46. The molecule has 1 heterocycles. The summed E-state index contributed by atoms with van der Waals surface area (Å²) in [5.41, 5.74) is 0.184. The van der Waals surface area contributed by atoms with Crippen molar-refractivity contribution in [3.8, 4) is 5.75 Å². The Labute approximate surface area is 179 Å². The molecule has 0 aliphatic carbocycles. The van der Waals surface area contributed by atoms with Crippen LogP contribution in [0.3, 0.4) is 0 Å². The zero-order valence-corrected chi connectivity index (χ0v) is 17.9. The molecule has 1 aliphatic rings. The van der Waals surface area contributed by atoms with Gasteiger partial charge in [0.25, 0.3) is 15.9 Å². The van der Waals surface area contributed by atoms with Gasteiger partial charge in [-0.25, -0.2) is 8.42 Å². The fourth-order valence-corrected chi connectivity index (χ4v) is 4.25. The second kappa shape index (κ2) is 9.21. The van der Waals surface area contributed by atoms with E-state index in [9.17, 15) is 13.2 Å². The van der Waals surface area contributed by atoms with Gasteiger partial charge in [0.05, 0.1) is 33.8 Å².